The highest BCUT2D eigenvalue weighted by Gasteiger charge is 2.33. The predicted molar refractivity (Wildman–Crippen MR) is 116 cm³/mol. The Morgan fingerprint density at radius 3 is 2.68 bits per heavy atom. The van der Waals surface area contributed by atoms with Crippen molar-refractivity contribution in [2.24, 2.45) is 5.92 Å². The van der Waals surface area contributed by atoms with E-state index in [0.29, 0.717) is 24.7 Å². The fourth-order valence-electron chi connectivity index (χ4n) is 3.48. The third-order valence-electron chi connectivity index (χ3n) is 5.10. The molecule has 0 bridgehead atoms. The number of carbonyl (C=O) groups excluding carboxylic acids is 2. The van der Waals surface area contributed by atoms with Crippen LogP contribution in [0.1, 0.15) is 43.4 Å². The van der Waals surface area contributed by atoms with Crippen molar-refractivity contribution in [3.63, 3.8) is 0 Å². The summed E-state index contributed by atoms with van der Waals surface area (Å²) in [6.07, 6.45) is 1.13. The molecule has 2 aromatic carbocycles. The van der Waals surface area contributed by atoms with E-state index in [4.69, 9.17) is 18.9 Å². The number of carbonyl (C=O) groups is 2. The Kier molecular flexibility index (Phi) is 8.29. The number of nitrogens with one attached hydrogen (secondary N) is 1. The fourth-order valence-corrected chi connectivity index (χ4v) is 3.48. The van der Waals surface area contributed by atoms with Gasteiger partial charge in [-0.25, -0.2) is 4.79 Å². The predicted octanol–water partition coefficient (Wildman–Crippen LogP) is 4.86. The molecule has 1 N–H and O–H groups in total. The molecule has 31 heavy (non-hydrogen) atoms. The molecule has 1 heterocycles. The quantitative estimate of drug-likeness (QED) is 0.454. The molecule has 2 aromatic rings. The summed E-state index contributed by atoms with van der Waals surface area (Å²) in [6, 6.07) is 14.8. The first-order valence-corrected chi connectivity index (χ1v) is 10.5. The molecule has 0 aromatic heterocycles. The van der Waals surface area contributed by atoms with Crippen molar-refractivity contribution >= 4 is 17.7 Å². The second kappa shape index (κ2) is 11.4. The van der Waals surface area contributed by atoms with Crippen molar-refractivity contribution < 1.29 is 28.5 Å². The van der Waals surface area contributed by atoms with E-state index in [1.807, 2.05) is 37.3 Å². The van der Waals surface area contributed by atoms with E-state index in [0.717, 1.165) is 24.0 Å². The van der Waals surface area contributed by atoms with Gasteiger partial charge in [0.25, 0.3) is 0 Å². The summed E-state index contributed by atoms with van der Waals surface area (Å²) in [5.41, 5.74) is 2.25. The van der Waals surface area contributed by atoms with E-state index in [9.17, 15) is 9.59 Å². The number of esters is 1. The van der Waals surface area contributed by atoms with Gasteiger partial charge in [0.15, 0.2) is 0 Å². The molecule has 0 saturated heterocycles. The summed E-state index contributed by atoms with van der Waals surface area (Å²) < 4.78 is 22.1. The number of hydrogen-bond donors (Lipinski definition) is 1. The lowest BCUT2D eigenvalue weighted by molar-refractivity contribution is -0.147. The summed E-state index contributed by atoms with van der Waals surface area (Å²) in [5, 5.41) is 2.73. The zero-order chi connectivity index (χ0) is 22.1. The number of fused-ring (bicyclic) bond motifs is 1. The number of hydrogen-bond acceptors (Lipinski definition) is 6. The molecular formula is C24H29NO6. The summed E-state index contributed by atoms with van der Waals surface area (Å²) >= 11 is 0. The average Bonchev–Trinajstić information content (AvgIpc) is 2.78. The zero-order valence-corrected chi connectivity index (χ0v) is 18.0. The number of anilines is 1. The van der Waals surface area contributed by atoms with E-state index in [2.05, 4.69) is 5.32 Å². The second-order valence-electron chi connectivity index (χ2n) is 7.44. The third-order valence-corrected chi connectivity index (χ3v) is 5.10. The molecule has 1 amide bonds. The van der Waals surface area contributed by atoms with E-state index in [-0.39, 0.29) is 31.0 Å². The molecule has 7 heteroatoms. The molecule has 2 unspecified atom stereocenters. The van der Waals surface area contributed by atoms with Crippen LogP contribution in [-0.2, 0) is 25.6 Å². The molecule has 1 aliphatic heterocycles. The summed E-state index contributed by atoms with van der Waals surface area (Å²) in [7, 11) is 1.60. The van der Waals surface area contributed by atoms with Crippen molar-refractivity contribution in [1.82, 2.24) is 0 Å². The molecule has 0 fully saturated rings. The summed E-state index contributed by atoms with van der Waals surface area (Å²) in [6.45, 7) is 3.02. The SMILES string of the molecule is CCCCOC(=O)CC1COc2ccc(NC(=O)OCc3ccccc3)cc2C1OC. The highest BCUT2D eigenvalue weighted by molar-refractivity contribution is 5.85. The molecule has 166 valence electrons. The Balaban J connectivity index is 1.61. The Hall–Kier alpha value is -3.06. The number of unbranched alkanes of at least 4 members (excludes halogenated alkanes) is 1. The van der Waals surface area contributed by atoms with Gasteiger partial charge >= 0.3 is 12.1 Å². The van der Waals surface area contributed by atoms with Gasteiger partial charge < -0.3 is 18.9 Å². The second-order valence-corrected chi connectivity index (χ2v) is 7.44. The first kappa shape index (κ1) is 22.6. The number of amides is 1. The maximum atomic E-state index is 12.2. The number of ether oxygens (including phenoxy) is 4. The van der Waals surface area contributed by atoms with Gasteiger partial charge in [0.05, 0.1) is 25.7 Å². The summed E-state index contributed by atoms with van der Waals surface area (Å²) in [5.74, 6) is 0.240. The Morgan fingerprint density at radius 1 is 1.13 bits per heavy atom. The van der Waals surface area contributed by atoms with Gasteiger partial charge in [0.1, 0.15) is 12.4 Å². The van der Waals surface area contributed by atoms with E-state index >= 15 is 0 Å². The van der Waals surface area contributed by atoms with Gasteiger partial charge in [-0.3, -0.25) is 10.1 Å². The first-order valence-electron chi connectivity index (χ1n) is 10.5. The van der Waals surface area contributed by atoms with Crippen molar-refractivity contribution in [1.29, 1.82) is 0 Å². The molecule has 3 rings (SSSR count). The lowest BCUT2D eigenvalue weighted by Crippen LogP contribution is -2.30. The van der Waals surface area contributed by atoms with Crippen LogP contribution in [0.3, 0.4) is 0 Å². The first-order chi connectivity index (χ1) is 15.1. The van der Waals surface area contributed by atoms with Crippen LogP contribution in [0.2, 0.25) is 0 Å². The van der Waals surface area contributed by atoms with Gasteiger partial charge in [-0.1, -0.05) is 43.7 Å². The molecule has 0 aliphatic carbocycles. The molecule has 0 saturated carbocycles. The molecule has 0 spiro atoms. The number of rotatable bonds is 9. The number of benzene rings is 2. The van der Waals surface area contributed by atoms with Crippen molar-refractivity contribution in [2.75, 3.05) is 25.6 Å². The minimum absolute atomic E-state index is 0.174. The minimum Gasteiger partial charge on any atom is -0.493 e. The van der Waals surface area contributed by atoms with Crippen LogP contribution in [0.15, 0.2) is 48.5 Å². The average molecular weight is 427 g/mol. The number of methoxy groups -OCH3 is 1. The van der Waals surface area contributed by atoms with Crippen molar-refractivity contribution in [3.05, 3.63) is 59.7 Å². The molecule has 7 nitrogen and oxygen atoms in total. The van der Waals surface area contributed by atoms with Gasteiger partial charge in [0, 0.05) is 24.3 Å². The van der Waals surface area contributed by atoms with Crippen LogP contribution in [0.25, 0.3) is 0 Å². The Morgan fingerprint density at radius 2 is 1.94 bits per heavy atom. The minimum atomic E-state index is -0.550. The third kappa shape index (κ3) is 6.46. The fraction of sp³-hybridized carbons (Fsp3) is 0.417. The van der Waals surface area contributed by atoms with Crippen molar-refractivity contribution in [3.8, 4) is 5.75 Å². The van der Waals surface area contributed by atoms with Crippen LogP contribution in [0.5, 0.6) is 5.75 Å². The van der Waals surface area contributed by atoms with E-state index in [1.54, 1.807) is 25.3 Å². The van der Waals surface area contributed by atoms with Crippen LogP contribution in [-0.4, -0.2) is 32.4 Å². The monoisotopic (exact) mass is 427 g/mol. The molecular weight excluding hydrogens is 398 g/mol. The van der Waals surface area contributed by atoms with E-state index in [1.165, 1.54) is 0 Å². The maximum absolute atomic E-state index is 12.2. The molecule has 2 atom stereocenters. The Bertz CT molecular complexity index is 870. The summed E-state index contributed by atoms with van der Waals surface area (Å²) in [4.78, 5) is 24.3. The van der Waals surface area contributed by atoms with Gasteiger partial charge in [-0.05, 0) is 30.2 Å². The highest BCUT2D eigenvalue weighted by atomic mass is 16.5. The van der Waals surface area contributed by atoms with Crippen LogP contribution < -0.4 is 10.1 Å². The van der Waals surface area contributed by atoms with Crippen molar-refractivity contribution in [2.45, 2.75) is 38.9 Å². The molecule has 0 radical (unpaired) electrons. The standard InChI is InChI=1S/C24H29NO6/c1-3-4-12-29-22(26)13-18-16-30-21-11-10-19(14-20(21)23(18)28-2)25-24(27)31-15-17-8-6-5-7-9-17/h5-11,14,18,23H,3-4,12-13,15-16H2,1-2H3,(H,25,27). The van der Waals surface area contributed by atoms with Gasteiger partial charge in [-0.15, -0.1) is 0 Å². The maximum Gasteiger partial charge on any atom is 0.411 e. The lowest BCUT2D eigenvalue weighted by Gasteiger charge is -2.32. The van der Waals surface area contributed by atoms with Crippen LogP contribution >= 0.6 is 0 Å². The van der Waals surface area contributed by atoms with Crippen LogP contribution in [0.4, 0.5) is 10.5 Å². The smallest absolute Gasteiger partial charge is 0.411 e. The van der Waals surface area contributed by atoms with Gasteiger partial charge in [0.2, 0.25) is 0 Å². The highest BCUT2D eigenvalue weighted by Crippen LogP contribution is 2.40. The zero-order valence-electron chi connectivity index (χ0n) is 18.0. The largest absolute Gasteiger partial charge is 0.493 e. The van der Waals surface area contributed by atoms with Crippen LogP contribution in [0, 0.1) is 5.92 Å². The topological polar surface area (TPSA) is 83.1 Å². The Labute approximate surface area is 182 Å². The molecule has 1 aliphatic rings. The normalized spacial score (nSPS) is 17.2. The van der Waals surface area contributed by atoms with E-state index < -0.39 is 6.09 Å². The van der Waals surface area contributed by atoms with Gasteiger partial charge in [-0.2, -0.15) is 0 Å². The lowest BCUT2D eigenvalue weighted by atomic mass is 9.90.